The molecule has 2 aliphatic rings. The smallest absolute Gasteiger partial charge is 0.338 e. The zero-order chi connectivity index (χ0) is 27.6. The van der Waals surface area contributed by atoms with Crippen LogP contribution in [-0.4, -0.2) is 65.4 Å². The lowest BCUT2D eigenvalue weighted by molar-refractivity contribution is -0.194. The van der Waals surface area contributed by atoms with Gasteiger partial charge < -0.3 is 28.8 Å². The van der Waals surface area contributed by atoms with Crippen molar-refractivity contribution in [3.05, 3.63) is 108 Å². The summed E-state index contributed by atoms with van der Waals surface area (Å²) in [6, 6.07) is 24.7. The normalized spacial score (nSPS) is 27.2. The fraction of sp³-hybridized carbons (Fsp3) is 0.300. The number of aliphatic hydroxyl groups is 1. The highest BCUT2D eigenvalue weighted by Crippen LogP contribution is 2.41. The summed E-state index contributed by atoms with van der Waals surface area (Å²) < 4.78 is 29.4. The second-order valence-corrected chi connectivity index (χ2v) is 9.76. The van der Waals surface area contributed by atoms with Crippen LogP contribution in [0, 0.1) is 0 Å². The van der Waals surface area contributed by atoms with Crippen molar-refractivity contribution in [1.82, 2.24) is 0 Å². The van der Waals surface area contributed by atoms with Gasteiger partial charge in [-0.2, -0.15) is 0 Å². The van der Waals surface area contributed by atoms with Gasteiger partial charge in [0, 0.05) is 0 Å². The molecule has 1 saturated heterocycles. The lowest BCUT2D eigenvalue weighted by Crippen LogP contribution is -2.65. The van der Waals surface area contributed by atoms with Crippen LogP contribution in [0.5, 0.6) is 0 Å². The highest BCUT2D eigenvalue weighted by molar-refractivity contribution is 5.91. The summed E-state index contributed by atoms with van der Waals surface area (Å²) in [7, 11) is 0. The Balaban J connectivity index is 1.49. The molecule has 1 aliphatic heterocycles. The molecule has 1 saturated carbocycles. The second kappa shape index (κ2) is 11.0. The molecule has 9 nitrogen and oxygen atoms in total. The van der Waals surface area contributed by atoms with Crippen molar-refractivity contribution >= 4 is 17.9 Å². The molecule has 39 heavy (non-hydrogen) atoms. The Hall–Kier alpha value is -4.05. The summed E-state index contributed by atoms with van der Waals surface area (Å²) in [6.07, 6.45) is -7.69. The monoisotopic (exact) mass is 532 g/mol. The maximum atomic E-state index is 13.1. The maximum absolute atomic E-state index is 13.1. The van der Waals surface area contributed by atoms with E-state index in [1.54, 1.807) is 105 Å². The number of hydrogen-bond donors (Lipinski definition) is 1. The zero-order valence-corrected chi connectivity index (χ0v) is 21.3. The van der Waals surface area contributed by atoms with E-state index in [2.05, 4.69) is 0 Å². The van der Waals surface area contributed by atoms with E-state index in [1.807, 2.05) is 0 Å². The van der Waals surface area contributed by atoms with E-state index in [9.17, 15) is 19.5 Å². The predicted octanol–water partition coefficient (Wildman–Crippen LogP) is 3.56. The SMILES string of the molecule is CC1(C)O[C@@H]2[C@@H](OC(=O)c3ccccc3)[C@H](OC(=O)c3ccccc3)[C@@H](O)[C@H](OC(=O)c3ccccc3)[C@@H]2O1. The number of fused-ring (bicyclic) bond motifs is 1. The number of benzene rings is 3. The van der Waals surface area contributed by atoms with Crippen LogP contribution in [0.15, 0.2) is 91.0 Å². The molecule has 0 amide bonds. The number of rotatable bonds is 6. The lowest BCUT2D eigenvalue weighted by atomic mass is 9.84. The average molecular weight is 533 g/mol. The van der Waals surface area contributed by atoms with E-state index >= 15 is 0 Å². The molecule has 2 fully saturated rings. The van der Waals surface area contributed by atoms with Crippen molar-refractivity contribution in [2.75, 3.05) is 0 Å². The summed E-state index contributed by atoms with van der Waals surface area (Å²) in [4.78, 5) is 39.1. The molecular formula is C30H28O9. The fourth-order valence-corrected chi connectivity index (χ4v) is 4.79. The third kappa shape index (κ3) is 5.70. The van der Waals surface area contributed by atoms with Gasteiger partial charge in [0.2, 0.25) is 0 Å². The maximum Gasteiger partial charge on any atom is 0.338 e. The van der Waals surface area contributed by atoms with Crippen molar-refractivity contribution in [1.29, 1.82) is 0 Å². The van der Waals surface area contributed by atoms with Crippen molar-refractivity contribution in [2.24, 2.45) is 0 Å². The first-order chi connectivity index (χ1) is 18.7. The van der Waals surface area contributed by atoms with Crippen molar-refractivity contribution in [3.8, 4) is 0 Å². The number of aliphatic hydroxyl groups excluding tert-OH is 1. The van der Waals surface area contributed by atoms with Crippen LogP contribution >= 0.6 is 0 Å². The van der Waals surface area contributed by atoms with E-state index in [-0.39, 0.29) is 16.7 Å². The van der Waals surface area contributed by atoms with Crippen molar-refractivity contribution in [2.45, 2.75) is 56.3 Å². The van der Waals surface area contributed by atoms with Gasteiger partial charge in [0.25, 0.3) is 0 Å². The molecule has 3 aromatic rings. The highest BCUT2D eigenvalue weighted by atomic mass is 16.8. The van der Waals surface area contributed by atoms with Crippen LogP contribution in [0.25, 0.3) is 0 Å². The molecule has 0 radical (unpaired) electrons. The minimum absolute atomic E-state index is 0.224. The number of carbonyl (C=O) groups excluding carboxylic acids is 3. The average Bonchev–Trinajstić information content (AvgIpc) is 3.28. The standard InChI is InChI=1S/C30H28O9/c1-30(2)38-25-23(36-28(33)19-14-8-4-9-15-19)21(31)22(35-27(32)18-12-6-3-7-13-18)24(26(25)39-30)37-29(34)20-16-10-5-11-17-20/h3-17,21-26,31H,1-2H3/t21-,22-,23+,24+,25+,26-/m1/s1. The predicted molar refractivity (Wildman–Crippen MR) is 137 cm³/mol. The Kier molecular flexibility index (Phi) is 7.47. The van der Waals surface area contributed by atoms with E-state index in [1.165, 1.54) is 0 Å². The largest absolute Gasteiger partial charge is 0.453 e. The van der Waals surface area contributed by atoms with Gasteiger partial charge in [-0.1, -0.05) is 54.6 Å². The molecule has 1 aliphatic carbocycles. The molecule has 202 valence electrons. The molecule has 3 aromatic carbocycles. The van der Waals surface area contributed by atoms with Gasteiger partial charge in [0.1, 0.15) is 18.3 Å². The Bertz CT molecular complexity index is 1310. The van der Waals surface area contributed by atoms with Crippen LogP contribution in [0.2, 0.25) is 0 Å². The minimum Gasteiger partial charge on any atom is -0.453 e. The molecule has 1 heterocycles. The lowest BCUT2D eigenvalue weighted by Gasteiger charge is -2.43. The minimum atomic E-state index is -1.61. The van der Waals surface area contributed by atoms with E-state index < -0.39 is 60.3 Å². The van der Waals surface area contributed by atoms with Gasteiger partial charge in [0.15, 0.2) is 24.1 Å². The fourth-order valence-electron chi connectivity index (χ4n) is 4.79. The molecule has 6 atom stereocenters. The second-order valence-electron chi connectivity index (χ2n) is 9.76. The molecule has 0 unspecified atom stereocenters. The number of esters is 3. The topological polar surface area (TPSA) is 118 Å². The summed E-state index contributed by atoms with van der Waals surface area (Å²) in [5.74, 6) is -3.35. The highest BCUT2D eigenvalue weighted by Gasteiger charge is 2.62. The Morgan fingerprint density at radius 2 is 0.923 bits per heavy atom. The Morgan fingerprint density at radius 3 is 1.33 bits per heavy atom. The summed E-state index contributed by atoms with van der Waals surface area (Å²) >= 11 is 0. The quantitative estimate of drug-likeness (QED) is 0.376. The zero-order valence-electron chi connectivity index (χ0n) is 21.3. The molecular weight excluding hydrogens is 504 g/mol. The van der Waals surface area contributed by atoms with Gasteiger partial charge in [-0.25, -0.2) is 14.4 Å². The Morgan fingerprint density at radius 1 is 0.590 bits per heavy atom. The summed E-state index contributed by atoms with van der Waals surface area (Å²) in [6.45, 7) is 3.30. The third-order valence-corrected chi connectivity index (χ3v) is 6.57. The molecule has 0 aromatic heterocycles. The summed E-state index contributed by atoms with van der Waals surface area (Å²) in [5.41, 5.74) is 0.740. The van der Waals surface area contributed by atoms with E-state index in [4.69, 9.17) is 23.7 Å². The molecule has 0 bridgehead atoms. The first-order valence-electron chi connectivity index (χ1n) is 12.6. The Labute approximate surface area is 225 Å². The van der Waals surface area contributed by atoms with Gasteiger partial charge in [-0.3, -0.25) is 0 Å². The van der Waals surface area contributed by atoms with E-state index in [0.717, 1.165) is 0 Å². The van der Waals surface area contributed by atoms with Crippen molar-refractivity contribution < 1.29 is 43.2 Å². The summed E-state index contributed by atoms with van der Waals surface area (Å²) in [5, 5.41) is 11.5. The molecule has 0 spiro atoms. The first-order valence-corrected chi connectivity index (χ1v) is 12.6. The van der Waals surface area contributed by atoms with Crippen LogP contribution in [0.3, 0.4) is 0 Å². The van der Waals surface area contributed by atoms with Crippen LogP contribution in [0.4, 0.5) is 0 Å². The third-order valence-electron chi connectivity index (χ3n) is 6.57. The number of ether oxygens (including phenoxy) is 5. The molecule has 5 rings (SSSR count). The molecule has 9 heteroatoms. The molecule has 1 N–H and O–H groups in total. The van der Waals surface area contributed by atoms with Crippen molar-refractivity contribution in [3.63, 3.8) is 0 Å². The van der Waals surface area contributed by atoms with Gasteiger partial charge in [-0.15, -0.1) is 0 Å². The van der Waals surface area contributed by atoms with E-state index in [0.29, 0.717) is 0 Å². The number of carbonyl (C=O) groups is 3. The van der Waals surface area contributed by atoms with Gasteiger partial charge >= 0.3 is 17.9 Å². The van der Waals surface area contributed by atoms with Gasteiger partial charge in [-0.05, 0) is 50.2 Å². The number of hydrogen-bond acceptors (Lipinski definition) is 9. The van der Waals surface area contributed by atoms with Gasteiger partial charge in [0.05, 0.1) is 16.7 Å². The van der Waals surface area contributed by atoms with Crippen LogP contribution < -0.4 is 0 Å². The first kappa shape index (κ1) is 26.6. The van der Waals surface area contributed by atoms with Crippen LogP contribution in [-0.2, 0) is 23.7 Å². The van der Waals surface area contributed by atoms with Crippen LogP contribution in [0.1, 0.15) is 44.9 Å².